The summed E-state index contributed by atoms with van der Waals surface area (Å²) in [5.74, 6) is 0. The lowest BCUT2D eigenvalue weighted by atomic mass is 9.88. The third-order valence-electron chi connectivity index (χ3n) is 2.89. The molecule has 2 nitrogen and oxygen atoms in total. The molecule has 0 bridgehead atoms. The average molecular weight is 167 g/mol. The highest BCUT2D eigenvalue weighted by molar-refractivity contribution is 5.19. The molecule has 2 heteroatoms. The molecule has 0 radical (unpaired) electrons. The van der Waals surface area contributed by atoms with E-state index in [0.717, 1.165) is 26.1 Å². The summed E-state index contributed by atoms with van der Waals surface area (Å²) in [6.07, 6.45) is 6.03. The summed E-state index contributed by atoms with van der Waals surface area (Å²) in [5.41, 5.74) is 9.07. The molecule has 2 fully saturated rings. The maximum atomic E-state index is 5.92. The van der Waals surface area contributed by atoms with Gasteiger partial charge in [-0.05, 0) is 37.7 Å². The van der Waals surface area contributed by atoms with Crippen LogP contribution in [-0.4, -0.2) is 19.3 Å². The molecule has 1 unspecified atom stereocenters. The Morgan fingerprint density at radius 2 is 2.17 bits per heavy atom. The van der Waals surface area contributed by atoms with E-state index in [0.29, 0.717) is 6.04 Å². The van der Waals surface area contributed by atoms with Crippen molar-refractivity contribution in [1.82, 2.24) is 0 Å². The fourth-order valence-corrected chi connectivity index (χ4v) is 2.16. The monoisotopic (exact) mass is 167 g/mol. The van der Waals surface area contributed by atoms with Gasteiger partial charge in [-0.2, -0.15) is 0 Å². The predicted molar refractivity (Wildman–Crippen MR) is 48.9 cm³/mol. The van der Waals surface area contributed by atoms with Crippen molar-refractivity contribution in [1.29, 1.82) is 0 Å². The molecule has 0 spiro atoms. The second-order valence-electron chi connectivity index (χ2n) is 3.87. The summed E-state index contributed by atoms with van der Waals surface area (Å²) >= 11 is 0. The topological polar surface area (TPSA) is 35.2 Å². The maximum absolute atomic E-state index is 5.92. The van der Waals surface area contributed by atoms with Crippen LogP contribution in [-0.2, 0) is 4.74 Å². The van der Waals surface area contributed by atoms with Crippen LogP contribution in [0.25, 0.3) is 0 Å². The molecule has 0 amide bonds. The van der Waals surface area contributed by atoms with E-state index in [9.17, 15) is 0 Å². The van der Waals surface area contributed by atoms with Gasteiger partial charge in [-0.3, -0.25) is 0 Å². The smallest absolute Gasteiger partial charge is 0.0680 e. The van der Waals surface area contributed by atoms with Gasteiger partial charge in [0, 0.05) is 6.04 Å². The number of hydrogen-bond acceptors (Lipinski definition) is 2. The molecule has 1 heterocycles. The van der Waals surface area contributed by atoms with Gasteiger partial charge in [0.05, 0.1) is 13.2 Å². The molecule has 0 aromatic heterocycles. The predicted octanol–water partition coefficient (Wildman–Crippen LogP) is 1.60. The van der Waals surface area contributed by atoms with Gasteiger partial charge < -0.3 is 10.5 Å². The molecule has 12 heavy (non-hydrogen) atoms. The molecule has 2 rings (SSSR count). The van der Waals surface area contributed by atoms with E-state index in [1.54, 1.807) is 11.1 Å². The van der Waals surface area contributed by atoms with Crippen LogP contribution in [0.3, 0.4) is 0 Å². The molecule has 1 saturated heterocycles. The second kappa shape index (κ2) is 3.58. The van der Waals surface area contributed by atoms with Crippen LogP contribution in [0, 0.1) is 0 Å². The van der Waals surface area contributed by atoms with Crippen molar-refractivity contribution in [3.63, 3.8) is 0 Å². The Bertz CT molecular complexity index is 190. The molecule has 1 aliphatic heterocycles. The van der Waals surface area contributed by atoms with Gasteiger partial charge >= 0.3 is 0 Å². The molecule has 68 valence electrons. The Kier molecular flexibility index (Phi) is 2.47. The van der Waals surface area contributed by atoms with Crippen LogP contribution in [0.15, 0.2) is 11.1 Å². The third kappa shape index (κ3) is 1.70. The number of rotatable bonds is 0. The first-order valence-corrected chi connectivity index (χ1v) is 4.89. The highest BCUT2D eigenvalue weighted by atomic mass is 16.5. The zero-order valence-corrected chi connectivity index (χ0v) is 7.51. The van der Waals surface area contributed by atoms with Gasteiger partial charge in [0.25, 0.3) is 0 Å². The fraction of sp³-hybridized carbons (Fsp3) is 0.800. The van der Waals surface area contributed by atoms with Gasteiger partial charge in [-0.1, -0.05) is 5.57 Å². The molecular weight excluding hydrogens is 150 g/mol. The fourth-order valence-electron chi connectivity index (χ4n) is 2.16. The minimum Gasteiger partial charge on any atom is -0.377 e. The third-order valence-corrected chi connectivity index (χ3v) is 2.89. The SMILES string of the molecule is NC1CCC/C(=C2\CCOC2)C1. The Morgan fingerprint density at radius 3 is 2.83 bits per heavy atom. The first-order valence-electron chi connectivity index (χ1n) is 4.89. The van der Waals surface area contributed by atoms with Crippen molar-refractivity contribution in [3.8, 4) is 0 Å². The van der Waals surface area contributed by atoms with Crippen LogP contribution in [0.5, 0.6) is 0 Å². The Morgan fingerprint density at radius 1 is 1.25 bits per heavy atom. The lowest BCUT2D eigenvalue weighted by Crippen LogP contribution is -2.24. The Balaban J connectivity index is 2.05. The first-order chi connectivity index (χ1) is 5.86. The van der Waals surface area contributed by atoms with E-state index in [-0.39, 0.29) is 0 Å². The van der Waals surface area contributed by atoms with Gasteiger partial charge in [-0.25, -0.2) is 0 Å². The van der Waals surface area contributed by atoms with Gasteiger partial charge in [-0.15, -0.1) is 0 Å². The highest BCUT2D eigenvalue weighted by Gasteiger charge is 2.18. The molecule has 1 atom stereocenters. The van der Waals surface area contributed by atoms with Crippen LogP contribution in [0.1, 0.15) is 32.1 Å². The van der Waals surface area contributed by atoms with Crippen molar-refractivity contribution in [2.24, 2.45) is 5.73 Å². The lowest BCUT2D eigenvalue weighted by Gasteiger charge is -2.22. The van der Waals surface area contributed by atoms with E-state index in [4.69, 9.17) is 10.5 Å². The minimum absolute atomic E-state index is 0.418. The quantitative estimate of drug-likeness (QED) is 0.556. The minimum atomic E-state index is 0.418. The molecule has 2 N–H and O–H groups in total. The molecular formula is C10H17NO. The van der Waals surface area contributed by atoms with E-state index < -0.39 is 0 Å². The van der Waals surface area contributed by atoms with E-state index >= 15 is 0 Å². The standard InChI is InChI=1S/C10H17NO/c11-10-3-1-2-8(6-10)9-4-5-12-7-9/h10H,1-7,11H2/b9-8-. The highest BCUT2D eigenvalue weighted by Crippen LogP contribution is 2.28. The molecule has 0 aromatic rings. The second-order valence-corrected chi connectivity index (χ2v) is 3.87. The van der Waals surface area contributed by atoms with E-state index in [2.05, 4.69) is 0 Å². The first kappa shape index (κ1) is 8.27. The normalized spacial score (nSPS) is 37.2. The van der Waals surface area contributed by atoms with Crippen LogP contribution in [0.4, 0.5) is 0 Å². The summed E-state index contributed by atoms with van der Waals surface area (Å²) < 4.78 is 5.35. The number of hydrogen-bond donors (Lipinski definition) is 1. The summed E-state index contributed by atoms with van der Waals surface area (Å²) in [7, 11) is 0. The lowest BCUT2D eigenvalue weighted by molar-refractivity contribution is 0.204. The van der Waals surface area contributed by atoms with Gasteiger partial charge in [0.15, 0.2) is 0 Å². The molecule has 0 aromatic carbocycles. The number of nitrogens with two attached hydrogens (primary N) is 1. The van der Waals surface area contributed by atoms with Crippen LogP contribution in [0.2, 0.25) is 0 Å². The van der Waals surface area contributed by atoms with E-state index in [1.165, 1.54) is 19.3 Å². The van der Waals surface area contributed by atoms with Gasteiger partial charge in [0.2, 0.25) is 0 Å². The summed E-state index contributed by atoms with van der Waals surface area (Å²) in [4.78, 5) is 0. The molecule has 2 aliphatic rings. The Labute approximate surface area is 73.8 Å². The largest absolute Gasteiger partial charge is 0.377 e. The van der Waals surface area contributed by atoms with Crippen molar-refractivity contribution in [3.05, 3.63) is 11.1 Å². The zero-order valence-electron chi connectivity index (χ0n) is 7.51. The van der Waals surface area contributed by atoms with E-state index in [1.807, 2.05) is 0 Å². The Hall–Kier alpha value is -0.340. The molecule has 1 saturated carbocycles. The van der Waals surface area contributed by atoms with Crippen molar-refractivity contribution in [2.45, 2.75) is 38.1 Å². The summed E-state index contributed by atoms with van der Waals surface area (Å²) in [6.45, 7) is 1.80. The van der Waals surface area contributed by atoms with Crippen molar-refractivity contribution < 1.29 is 4.74 Å². The average Bonchev–Trinajstić information content (AvgIpc) is 2.56. The number of ether oxygens (including phenoxy) is 1. The maximum Gasteiger partial charge on any atom is 0.0680 e. The van der Waals surface area contributed by atoms with Crippen molar-refractivity contribution in [2.75, 3.05) is 13.2 Å². The summed E-state index contributed by atoms with van der Waals surface area (Å²) in [5, 5.41) is 0. The molecule has 1 aliphatic carbocycles. The summed E-state index contributed by atoms with van der Waals surface area (Å²) in [6, 6.07) is 0.418. The van der Waals surface area contributed by atoms with Gasteiger partial charge in [0.1, 0.15) is 0 Å². The zero-order chi connectivity index (χ0) is 8.39. The van der Waals surface area contributed by atoms with Crippen molar-refractivity contribution >= 4 is 0 Å². The van der Waals surface area contributed by atoms with Crippen LogP contribution < -0.4 is 5.73 Å². The van der Waals surface area contributed by atoms with Crippen LogP contribution >= 0.6 is 0 Å².